The Balaban J connectivity index is 3.02. The van der Waals surface area contributed by atoms with Crippen LogP contribution in [0.2, 0.25) is 0 Å². The minimum Gasteiger partial charge on any atom is -0.456 e. The van der Waals surface area contributed by atoms with Crippen molar-refractivity contribution in [3.63, 3.8) is 0 Å². The Morgan fingerprint density at radius 1 is 1.20 bits per heavy atom. The summed E-state index contributed by atoms with van der Waals surface area (Å²) in [4.78, 5) is 11.4. The lowest BCUT2D eigenvalue weighted by molar-refractivity contribution is 0.00596. The number of esters is 1. The zero-order chi connectivity index (χ0) is 11.6. The third kappa shape index (κ3) is 3.01. The van der Waals surface area contributed by atoms with Crippen molar-refractivity contribution in [3.05, 3.63) is 35.4 Å². The van der Waals surface area contributed by atoms with Crippen molar-refractivity contribution in [2.45, 2.75) is 26.4 Å². The Morgan fingerprint density at radius 3 is 2.07 bits per heavy atom. The van der Waals surface area contributed by atoms with Gasteiger partial charge in [-0.1, -0.05) is 6.07 Å². The fourth-order valence-corrected chi connectivity index (χ4v) is 1.02. The molecule has 0 radical (unpaired) electrons. The monoisotopic (exact) mass is 214 g/mol. The van der Waals surface area contributed by atoms with Gasteiger partial charge in [0, 0.05) is 0 Å². The third-order valence-corrected chi connectivity index (χ3v) is 1.57. The summed E-state index contributed by atoms with van der Waals surface area (Å²) in [6, 6.07) is 3.23. The van der Waals surface area contributed by atoms with Gasteiger partial charge in [-0.25, -0.2) is 13.6 Å². The number of carbonyl (C=O) groups excluding carboxylic acids is 1. The number of hydrogen-bond acceptors (Lipinski definition) is 2. The second-order valence-electron chi connectivity index (χ2n) is 4.10. The molecule has 0 fully saturated rings. The summed E-state index contributed by atoms with van der Waals surface area (Å²) in [5.41, 5.74) is -1.42. The van der Waals surface area contributed by atoms with E-state index in [0.29, 0.717) is 0 Å². The van der Waals surface area contributed by atoms with Crippen molar-refractivity contribution in [1.29, 1.82) is 0 Å². The lowest BCUT2D eigenvalue weighted by Gasteiger charge is -2.19. The van der Waals surface area contributed by atoms with Crippen LogP contribution in [0.1, 0.15) is 31.1 Å². The van der Waals surface area contributed by atoms with Gasteiger partial charge in [-0.15, -0.1) is 0 Å². The molecule has 15 heavy (non-hydrogen) atoms. The molecule has 0 spiro atoms. The van der Waals surface area contributed by atoms with E-state index in [-0.39, 0.29) is 0 Å². The summed E-state index contributed by atoms with van der Waals surface area (Å²) in [5.74, 6) is -2.81. The van der Waals surface area contributed by atoms with Gasteiger partial charge in [-0.2, -0.15) is 0 Å². The molecule has 0 N–H and O–H groups in total. The lowest BCUT2D eigenvalue weighted by Crippen LogP contribution is -2.25. The van der Waals surface area contributed by atoms with Crippen LogP contribution in [0.15, 0.2) is 18.2 Å². The zero-order valence-electron chi connectivity index (χ0n) is 8.80. The molecule has 0 atom stereocenters. The average Bonchev–Trinajstić information content (AvgIpc) is 1.99. The molecule has 0 saturated carbocycles. The van der Waals surface area contributed by atoms with Crippen molar-refractivity contribution in [2.75, 3.05) is 0 Å². The minimum absolute atomic E-state index is 0.646. The highest BCUT2D eigenvalue weighted by Gasteiger charge is 2.23. The first-order chi connectivity index (χ1) is 6.81. The number of benzene rings is 1. The Morgan fingerprint density at radius 2 is 1.67 bits per heavy atom. The van der Waals surface area contributed by atoms with Crippen LogP contribution in [-0.2, 0) is 4.74 Å². The van der Waals surface area contributed by atoms with E-state index in [0.717, 1.165) is 12.1 Å². The van der Waals surface area contributed by atoms with E-state index >= 15 is 0 Å². The highest BCUT2D eigenvalue weighted by molar-refractivity contribution is 5.90. The fraction of sp³-hybridized carbons (Fsp3) is 0.364. The van der Waals surface area contributed by atoms with Gasteiger partial charge in [0.05, 0.1) is 0 Å². The van der Waals surface area contributed by atoms with Gasteiger partial charge in [0.2, 0.25) is 0 Å². The normalized spacial score (nSPS) is 11.3. The summed E-state index contributed by atoms with van der Waals surface area (Å²) in [6.45, 7) is 4.89. The standard InChI is InChI=1S/C11H12F2O2/c1-11(2,3)15-10(14)9-7(12)5-4-6-8(9)13/h4-6H,1-3H3. The first-order valence-electron chi connectivity index (χ1n) is 4.48. The molecular formula is C11H12F2O2. The molecule has 0 saturated heterocycles. The van der Waals surface area contributed by atoms with Gasteiger partial charge in [0.25, 0.3) is 0 Å². The van der Waals surface area contributed by atoms with Gasteiger partial charge >= 0.3 is 5.97 Å². The molecule has 0 amide bonds. The van der Waals surface area contributed by atoms with Crippen LogP contribution in [0.4, 0.5) is 8.78 Å². The molecule has 0 heterocycles. The summed E-state index contributed by atoms with van der Waals surface area (Å²) >= 11 is 0. The van der Waals surface area contributed by atoms with Crippen LogP contribution in [0.25, 0.3) is 0 Å². The van der Waals surface area contributed by atoms with Gasteiger partial charge in [0.15, 0.2) is 0 Å². The van der Waals surface area contributed by atoms with Crippen molar-refractivity contribution >= 4 is 5.97 Å². The molecule has 1 rings (SSSR count). The third-order valence-electron chi connectivity index (χ3n) is 1.57. The van der Waals surface area contributed by atoms with Crippen molar-refractivity contribution in [3.8, 4) is 0 Å². The topological polar surface area (TPSA) is 26.3 Å². The van der Waals surface area contributed by atoms with Gasteiger partial charge in [0.1, 0.15) is 22.8 Å². The molecule has 0 aliphatic rings. The average molecular weight is 214 g/mol. The van der Waals surface area contributed by atoms with Gasteiger partial charge in [-0.05, 0) is 32.9 Å². The first-order valence-corrected chi connectivity index (χ1v) is 4.48. The van der Waals surface area contributed by atoms with E-state index < -0.39 is 28.8 Å². The van der Waals surface area contributed by atoms with Crippen LogP contribution in [0, 0.1) is 11.6 Å². The molecule has 1 aromatic carbocycles. The Labute approximate surface area is 86.9 Å². The summed E-state index contributed by atoms with van der Waals surface area (Å²) < 4.78 is 31.1. The molecule has 82 valence electrons. The molecule has 0 aliphatic carbocycles. The van der Waals surface area contributed by atoms with Crippen LogP contribution >= 0.6 is 0 Å². The molecule has 4 heteroatoms. The number of carbonyl (C=O) groups is 1. The number of ether oxygens (including phenoxy) is 1. The van der Waals surface area contributed by atoms with Crippen molar-refractivity contribution < 1.29 is 18.3 Å². The molecule has 0 aromatic heterocycles. The van der Waals surface area contributed by atoms with E-state index in [1.54, 1.807) is 20.8 Å². The summed E-state index contributed by atoms with van der Waals surface area (Å²) in [7, 11) is 0. The maximum Gasteiger partial charge on any atom is 0.344 e. The Kier molecular flexibility index (Phi) is 3.07. The van der Waals surface area contributed by atoms with Crippen molar-refractivity contribution in [1.82, 2.24) is 0 Å². The van der Waals surface area contributed by atoms with E-state index in [2.05, 4.69) is 0 Å². The maximum absolute atomic E-state index is 13.1. The molecule has 1 aromatic rings. The second-order valence-corrected chi connectivity index (χ2v) is 4.10. The molecule has 2 nitrogen and oxygen atoms in total. The highest BCUT2D eigenvalue weighted by Crippen LogP contribution is 2.17. The van der Waals surface area contributed by atoms with E-state index in [1.807, 2.05) is 0 Å². The number of hydrogen-bond donors (Lipinski definition) is 0. The quantitative estimate of drug-likeness (QED) is 0.672. The van der Waals surface area contributed by atoms with Gasteiger partial charge < -0.3 is 4.74 Å². The Bertz CT molecular complexity index is 360. The van der Waals surface area contributed by atoms with E-state index in [9.17, 15) is 13.6 Å². The van der Waals surface area contributed by atoms with E-state index in [4.69, 9.17) is 4.74 Å². The number of rotatable bonds is 1. The molecule has 0 unspecified atom stereocenters. The molecular weight excluding hydrogens is 202 g/mol. The number of halogens is 2. The zero-order valence-corrected chi connectivity index (χ0v) is 8.80. The van der Waals surface area contributed by atoms with E-state index in [1.165, 1.54) is 6.07 Å². The van der Waals surface area contributed by atoms with Crippen LogP contribution in [-0.4, -0.2) is 11.6 Å². The van der Waals surface area contributed by atoms with Crippen LogP contribution in [0.3, 0.4) is 0 Å². The summed E-state index contributed by atoms with van der Waals surface area (Å²) in [6.07, 6.45) is 0. The lowest BCUT2D eigenvalue weighted by atomic mass is 10.1. The molecule has 0 bridgehead atoms. The second kappa shape index (κ2) is 3.96. The fourth-order valence-electron chi connectivity index (χ4n) is 1.02. The maximum atomic E-state index is 13.1. The minimum atomic E-state index is -0.988. The highest BCUT2D eigenvalue weighted by atomic mass is 19.1. The van der Waals surface area contributed by atoms with Crippen LogP contribution in [0.5, 0.6) is 0 Å². The predicted octanol–water partition coefficient (Wildman–Crippen LogP) is 2.92. The Hall–Kier alpha value is -1.45. The summed E-state index contributed by atoms with van der Waals surface area (Å²) in [5, 5.41) is 0. The molecule has 0 aliphatic heterocycles. The largest absolute Gasteiger partial charge is 0.456 e. The smallest absolute Gasteiger partial charge is 0.344 e. The predicted molar refractivity (Wildman–Crippen MR) is 51.5 cm³/mol. The SMILES string of the molecule is CC(C)(C)OC(=O)c1c(F)cccc1F. The first kappa shape index (κ1) is 11.6. The van der Waals surface area contributed by atoms with Gasteiger partial charge in [-0.3, -0.25) is 0 Å². The van der Waals surface area contributed by atoms with Crippen LogP contribution < -0.4 is 0 Å². The van der Waals surface area contributed by atoms with Crippen molar-refractivity contribution in [2.24, 2.45) is 0 Å².